The Morgan fingerprint density at radius 1 is 1.03 bits per heavy atom. The lowest BCUT2D eigenvalue weighted by molar-refractivity contribution is 0.102. The molecule has 3 N–H and O–H groups in total. The Hall–Kier alpha value is -4.46. The van der Waals surface area contributed by atoms with Gasteiger partial charge in [0.25, 0.3) is 5.91 Å². The maximum atomic E-state index is 12.9. The number of hydrogen-bond donors (Lipinski definition) is 3. The number of carbonyl (C=O) groups is 2. The highest BCUT2D eigenvalue weighted by Gasteiger charge is 2.30. The number of nitrogens with one attached hydrogen (secondary N) is 2. The highest BCUT2D eigenvalue weighted by molar-refractivity contribution is 6.04. The van der Waals surface area contributed by atoms with Crippen LogP contribution in [-0.4, -0.2) is 31.8 Å². The Balaban J connectivity index is 1.35. The molecule has 170 valence electrons. The summed E-state index contributed by atoms with van der Waals surface area (Å²) in [6.07, 6.45) is 5.07. The molecule has 0 radical (unpaired) electrons. The van der Waals surface area contributed by atoms with Crippen LogP contribution in [-0.2, 0) is 6.54 Å². The maximum absolute atomic E-state index is 12.9. The molecule has 8 nitrogen and oxygen atoms in total. The summed E-state index contributed by atoms with van der Waals surface area (Å²) in [5, 5.41) is 20.8. The fraction of sp³-hybridized carbons (Fsp3) is 0.154. The van der Waals surface area contributed by atoms with E-state index < -0.39 is 0 Å². The minimum atomic E-state index is -0.323. The number of hydrogen-bond acceptors (Lipinski definition) is 5. The van der Waals surface area contributed by atoms with Gasteiger partial charge in [0.1, 0.15) is 5.75 Å². The molecule has 1 fully saturated rings. The van der Waals surface area contributed by atoms with Gasteiger partial charge in [-0.1, -0.05) is 30.3 Å². The van der Waals surface area contributed by atoms with E-state index in [-0.39, 0.29) is 23.6 Å². The average Bonchev–Trinajstić information content (AvgIpc) is 3.62. The van der Waals surface area contributed by atoms with Gasteiger partial charge in [-0.25, -0.2) is 4.79 Å². The molecule has 0 aliphatic heterocycles. The quantitative estimate of drug-likeness (QED) is 0.397. The molecule has 4 aromatic rings. The number of amides is 2. The van der Waals surface area contributed by atoms with Crippen molar-refractivity contribution in [1.29, 1.82) is 0 Å². The Bertz CT molecular complexity index is 1330. The molecule has 0 bridgehead atoms. The van der Waals surface area contributed by atoms with E-state index in [1.54, 1.807) is 30.5 Å². The van der Waals surface area contributed by atoms with E-state index >= 15 is 0 Å². The Morgan fingerprint density at radius 2 is 1.85 bits per heavy atom. The second kappa shape index (κ2) is 9.19. The number of pyridine rings is 1. The van der Waals surface area contributed by atoms with Crippen LogP contribution in [0.25, 0.3) is 11.3 Å². The monoisotopic (exact) mass is 453 g/mol. The van der Waals surface area contributed by atoms with Crippen LogP contribution in [0.15, 0.2) is 79.1 Å². The van der Waals surface area contributed by atoms with Crippen LogP contribution in [0.1, 0.15) is 40.4 Å². The van der Waals surface area contributed by atoms with Gasteiger partial charge in [0.2, 0.25) is 0 Å². The van der Waals surface area contributed by atoms with Gasteiger partial charge in [0.15, 0.2) is 0 Å². The zero-order valence-electron chi connectivity index (χ0n) is 18.3. The van der Waals surface area contributed by atoms with Crippen molar-refractivity contribution in [2.75, 3.05) is 5.32 Å². The molecule has 0 spiro atoms. The molecule has 0 unspecified atom stereocenters. The van der Waals surface area contributed by atoms with Crippen molar-refractivity contribution >= 4 is 17.6 Å². The summed E-state index contributed by atoms with van der Waals surface area (Å²) in [6.45, 7) is 0.398. The normalized spacial score (nSPS) is 12.8. The fourth-order valence-electron chi connectivity index (χ4n) is 3.73. The first-order valence-corrected chi connectivity index (χ1v) is 11.1. The summed E-state index contributed by atoms with van der Waals surface area (Å²) in [4.78, 5) is 29.2. The number of phenolic OH excluding ortho intramolecular Hbond substituents is 1. The van der Waals surface area contributed by atoms with Crippen molar-refractivity contribution in [3.8, 4) is 17.0 Å². The fourth-order valence-corrected chi connectivity index (χ4v) is 3.73. The van der Waals surface area contributed by atoms with Crippen molar-refractivity contribution in [3.63, 3.8) is 0 Å². The number of nitrogens with zero attached hydrogens (tertiary/aromatic N) is 3. The van der Waals surface area contributed by atoms with Crippen LogP contribution in [0.3, 0.4) is 0 Å². The Kier molecular flexibility index (Phi) is 5.78. The number of aromatic nitrogens is 3. The van der Waals surface area contributed by atoms with E-state index in [1.165, 1.54) is 16.9 Å². The molecule has 1 aliphatic carbocycles. The molecule has 2 heterocycles. The molecule has 2 amide bonds. The predicted molar refractivity (Wildman–Crippen MR) is 128 cm³/mol. The molecule has 1 aliphatic rings. The summed E-state index contributed by atoms with van der Waals surface area (Å²) >= 11 is 0. The molecule has 0 atom stereocenters. The van der Waals surface area contributed by atoms with Crippen LogP contribution >= 0.6 is 0 Å². The summed E-state index contributed by atoms with van der Waals surface area (Å²) in [5.74, 6) is -0.0831. The second-order valence-electron chi connectivity index (χ2n) is 8.21. The van der Waals surface area contributed by atoms with Crippen LogP contribution in [0, 0.1) is 0 Å². The molecular formula is C26H23N5O3. The molecule has 34 heavy (non-hydrogen) atoms. The highest BCUT2D eigenvalue weighted by Crippen LogP contribution is 2.42. The molecule has 5 rings (SSSR count). The van der Waals surface area contributed by atoms with Crippen LogP contribution < -0.4 is 10.6 Å². The minimum Gasteiger partial charge on any atom is -0.507 e. The molecule has 1 saturated carbocycles. The SMILES string of the molecule is O=C(Nc1ccc(-c2cc(C3CC3)n(C(=O)NCc3ccccc3)n2)c(O)c1)c1cccnc1. The van der Waals surface area contributed by atoms with Gasteiger partial charge in [-0.15, -0.1) is 0 Å². The van der Waals surface area contributed by atoms with E-state index in [0.29, 0.717) is 29.1 Å². The summed E-state index contributed by atoms with van der Waals surface area (Å²) < 4.78 is 1.40. The topological polar surface area (TPSA) is 109 Å². The molecule has 8 heteroatoms. The Morgan fingerprint density at radius 3 is 2.56 bits per heavy atom. The van der Waals surface area contributed by atoms with Gasteiger partial charge in [-0.2, -0.15) is 9.78 Å². The summed E-state index contributed by atoms with van der Waals surface area (Å²) in [6, 6.07) is 19.4. The van der Waals surface area contributed by atoms with Crippen molar-refractivity contribution in [2.24, 2.45) is 0 Å². The molecule has 0 saturated heterocycles. The highest BCUT2D eigenvalue weighted by atomic mass is 16.3. The average molecular weight is 454 g/mol. The number of anilines is 1. The second-order valence-corrected chi connectivity index (χ2v) is 8.21. The summed E-state index contributed by atoms with van der Waals surface area (Å²) in [5.41, 5.74) is 3.67. The largest absolute Gasteiger partial charge is 0.507 e. The number of aromatic hydroxyl groups is 1. The zero-order valence-corrected chi connectivity index (χ0v) is 18.3. The smallest absolute Gasteiger partial charge is 0.342 e. The van der Waals surface area contributed by atoms with Crippen LogP contribution in [0.5, 0.6) is 5.75 Å². The lowest BCUT2D eigenvalue weighted by Gasteiger charge is -2.08. The minimum absolute atomic E-state index is 0.0410. The van der Waals surface area contributed by atoms with Gasteiger partial charge >= 0.3 is 6.03 Å². The number of rotatable bonds is 6. The maximum Gasteiger partial charge on any atom is 0.342 e. The van der Waals surface area contributed by atoms with Gasteiger partial charge < -0.3 is 15.7 Å². The lowest BCUT2D eigenvalue weighted by Crippen LogP contribution is -2.30. The standard InChI is InChI=1S/C26H23N5O3/c32-24-13-20(29-25(33)19-7-4-12-27-16-19)10-11-21(24)22-14-23(18-8-9-18)31(30-22)26(34)28-15-17-5-2-1-3-6-17/h1-7,10-14,16,18,32H,8-9,15H2,(H,28,34)(H,29,33). The summed E-state index contributed by atoms with van der Waals surface area (Å²) in [7, 11) is 0. The molecule has 2 aromatic heterocycles. The predicted octanol–water partition coefficient (Wildman–Crippen LogP) is 4.54. The van der Waals surface area contributed by atoms with Crippen molar-refractivity contribution < 1.29 is 14.7 Å². The number of carbonyl (C=O) groups excluding carboxylic acids is 2. The van der Waals surface area contributed by atoms with Gasteiger partial charge in [-0.3, -0.25) is 9.78 Å². The first-order chi connectivity index (χ1) is 16.6. The number of benzene rings is 2. The third-order valence-corrected chi connectivity index (χ3v) is 5.67. The lowest BCUT2D eigenvalue weighted by atomic mass is 10.1. The third-order valence-electron chi connectivity index (χ3n) is 5.67. The molecular weight excluding hydrogens is 430 g/mol. The van der Waals surface area contributed by atoms with Crippen molar-refractivity contribution in [2.45, 2.75) is 25.3 Å². The van der Waals surface area contributed by atoms with E-state index in [2.05, 4.69) is 20.7 Å². The van der Waals surface area contributed by atoms with Crippen molar-refractivity contribution in [3.05, 3.63) is 95.9 Å². The number of phenols is 1. The first-order valence-electron chi connectivity index (χ1n) is 11.1. The first kappa shape index (κ1) is 21.4. The van der Waals surface area contributed by atoms with E-state index in [4.69, 9.17) is 0 Å². The van der Waals surface area contributed by atoms with E-state index in [0.717, 1.165) is 24.1 Å². The van der Waals surface area contributed by atoms with Gasteiger partial charge in [-0.05, 0) is 48.7 Å². The van der Waals surface area contributed by atoms with Crippen LogP contribution in [0.2, 0.25) is 0 Å². The van der Waals surface area contributed by atoms with Gasteiger partial charge in [0.05, 0.1) is 17.0 Å². The third kappa shape index (κ3) is 4.66. The zero-order chi connectivity index (χ0) is 23.5. The Labute approximate surface area is 196 Å². The van der Waals surface area contributed by atoms with E-state index in [9.17, 15) is 14.7 Å². The van der Waals surface area contributed by atoms with E-state index in [1.807, 2.05) is 36.4 Å². The van der Waals surface area contributed by atoms with Crippen molar-refractivity contribution in [1.82, 2.24) is 20.1 Å². The van der Waals surface area contributed by atoms with Gasteiger partial charge in [0, 0.05) is 42.2 Å². The molecule has 2 aromatic carbocycles. The van der Waals surface area contributed by atoms with Crippen LogP contribution in [0.4, 0.5) is 10.5 Å².